The summed E-state index contributed by atoms with van der Waals surface area (Å²) in [6.45, 7) is 4.76. The highest BCUT2D eigenvalue weighted by atomic mass is 32.2. The summed E-state index contributed by atoms with van der Waals surface area (Å²) in [5, 5.41) is 11.5. The van der Waals surface area contributed by atoms with E-state index in [2.05, 4.69) is 11.9 Å². The molecule has 8 heteroatoms. The summed E-state index contributed by atoms with van der Waals surface area (Å²) in [5.74, 6) is -2.09. The summed E-state index contributed by atoms with van der Waals surface area (Å²) in [7, 11) is 0. The SMILES string of the molecule is C=C[C@H](NC(C)=O)OC(=O)CCSCC1C(=O)CCC1C(=O)O. The van der Waals surface area contributed by atoms with E-state index in [-0.39, 0.29) is 18.1 Å². The smallest absolute Gasteiger partial charge is 0.308 e. The van der Waals surface area contributed by atoms with Gasteiger partial charge in [0.05, 0.1) is 12.3 Å². The molecule has 7 nitrogen and oxygen atoms in total. The molecule has 23 heavy (non-hydrogen) atoms. The Hall–Kier alpha value is -1.83. The van der Waals surface area contributed by atoms with Crippen LogP contribution in [0.4, 0.5) is 0 Å². The first-order chi connectivity index (χ1) is 10.8. The number of ether oxygens (including phenoxy) is 1. The zero-order valence-corrected chi connectivity index (χ0v) is 13.8. The number of hydrogen-bond acceptors (Lipinski definition) is 6. The van der Waals surface area contributed by atoms with E-state index >= 15 is 0 Å². The molecule has 3 atom stereocenters. The Labute approximate surface area is 138 Å². The van der Waals surface area contributed by atoms with E-state index in [1.54, 1.807) is 0 Å². The fourth-order valence-electron chi connectivity index (χ4n) is 2.32. The van der Waals surface area contributed by atoms with Crippen LogP contribution >= 0.6 is 11.8 Å². The van der Waals surface area contributed by atoms with Crippen LogP contribution in [0.2, 0.25) is 0 Å². The van der Waals surface area contributed by atoms with E-state index < -0.39 is 30.0 Å². The first-order valence-electron chi connectivity index (χ1n) is 7.27. The molecule has 0 spiro atoms. The normalized spacial score (nSPS) is 21.5. The van der Waals surface area contributed by atoms with Gasteiger partial charge in [-0.2, -0.15) is 11.8 Å². The number of thioether (sulfide) groups is 1. The molecule has 2 N–H and O–H groups in total. The summed E-state index contributed by atoms with van der Waals surface area (Å²) in [4.78, 5) is 45.3. The molecule has 1 amide bonds. The second-order valence-electron chi connectivity index (χ2n) is 5.23. The van der Waals surface area contributed by atoms with E-state index in [0.717, 1.165) is 0 Å². The first-order valence-corrected chi connectivity index (χ1v) is 8.43. The van der Waals surface area contributed by atoms with Crippen molar-refractivity contribution >= 4 is 35.4 Å². The van der Waals surface area contributed by atoms with Crippen LogP contribution in [0.5, 0.6) is 0 Å². The van der Waals surface area contributed by atoms with Crippen molar-refractivity contribution in [2.45, 2.75) is 32.4 Å². The fourth-order valence-corrected chi connectivity index (χ4v) is 3.47. The third kappa shape index (κ3) is 6.43. The molecule has 1 fully saturated rings. The number of Topliss-reactive ketones (excluding diaryl/α,β-unsaturated/α-hetero) is 1. The molecule has 1 rings (SSSR count). The molecule has 0 aromatic heterocycles. The minimum absolute atomic E-state index is 0.0233. The molecule has 0 heterocycles. The van der Waals surface area contributed by atoms with Gasteiger partial charge >= 0.3 is 11.9 Å². The predicted octanol–water partition coefficient (Wildman–Crippen LogP) is 0.981. The van der Waals surface area contributed by atoms with Crippen molar-refractivity contribution in [3.8, 4) is 0 Å². The molecule has 1 aliphatic rings. The van der Waals surface area contributed by atoms with Crippen molar-refractivity contribution in [2.24, 2.45) is 11.8 Å². The summed E-state index contributed by atoms with van der Waals surface area (Å²) < 4.78 is 5.00. The maximum absolute atomic E-state index is 11.7. The summed E-state index contributed by atoms with van der Waals surface area (Å²) in [6.07, 6.45) is 1.24. The number of hydrogen-bond donors (Lipinski definition) is 2. The number of carbonyl (C=O) groups is 4. The number of ketones is 1. The minimum atomic E-state index is -0.940. The van der Waals surface area contributed by atoms with Crippen molar-refractivity contribution in [2.75, 3.05) is 11.5 Å². The number of carboxylic acid groups (broad SMARTS) is 1. The van der Waals surface area contributed by atoms with Crippen LogP contribution in [-0.4, -0.2) is 46.5 Å². The highest BCUT2D eigenvalue weighted by Gasteiger charge is 2.38. The highest BCUT2D eigenvalue weighted by molar-refractivity contribution is 7.99. The number of aliphatic carboxylic acids is 1. The van der Waals surface area contributed by atoms with Gasteiger partial charge in [0.1, 0.15) is 5.78 Å². The monoisotopic (exact) mass is 343 g/mol. The molecule has 1 aliphatic carbocycles. The Morgan fingerprint density at radius 2 is 2.22 bits per heavy atom. The van der Waals surface area contributed by atoms with E-state index in [1.165, 1.54) is 24.8 Å². The van der Waals surface area contributed by atoms with Gasteiger partial charge in [-0.25, -0.2) is 0 Å². The Balaban J connectivity index is 2.29. The molecule has 0 saturated heterocycles. The molecule has 0 radical (unpaired) electrons. The standard InChI is InChI=1S/C15H21NO6S/c1-3-13(16-9(2)17)22-14(19)6-7-23-8-11-10(15(20)21)4-5-12(11)18/h3,10-11,13H,1,4-8H2,2H3,(H,16,17)(H,20,21)/t10?,11?,13-/m1/s1. The predicted molar refractivity (Wildman–Crippen MR) is 84.7 cm³/mol. The van der Waals surface area contributed by atoms with Gasteiger partial charge < -0.3 is 15.2 Å². The van der Waals surface area contributed by atoms with Gasteiger partial charge in [0.2, 0.25) is 5.91 Å². The number of carbonyl (C=O) groups excluding carboxylic acids is 3. The average Bonchev–Trinajstić information content (AvgIpc) is 2.83. The lowest BCUT2D eigenvalue weighted by Gasteiger charge is -2.15. The summed E-state index contributed by atoms with van der Waals surface area (Å²) in [6, 6.07) is 0. The topological polar surface area (TPSA) is 110 Å². The highest BCUT2D eigenvalue weighted by Crippen LogP contribution is 2.31. The van der Waals surface area contributed by atoms with Crippen LogP contribution in [-0.2, 0) is 23.9 Å². The lowest BCUT2D eigenvalue weighted by atomic mass is 9.98. The second-order valence-corrected chi connectivity index (χ2v) is 6.38. The molecule has 0 aromatic rings. The van der Waals surface area contributed by atoms with E-state index in [1.807, 2.05) is 0 Å². The van der Waals surface area contributed by atoms with E-state index in [0.29, 0.717) is 24.3 Å². The fraction of sp³-hybridized carbons (Fsp3) is 0.600. The van der Waals surface area contributed by atoms with Gasteiger partial charge in [-0.1, -0.05) is 6.58 Å². The number of carboxylic acids is 1. The van der Waals surface area contributed by atoms with Gasteiger partial charge in [0, 0.05) is 30.8 Å². The van der Waals surface area contributed by atoms with Crippen LogP contribution in [0.15, 0.2) is 12.7 Å². The van der Waals surface area contributed by atoms with Crippen LogP contribution in [0, 0.1) is 11.8 Å². The van der Waals surface area contributed by atoms with E-state index in [4.69, 9.17) is 9.84 Å². The number of amides is 1. The number of rotatable bonds is 9. The molecule has 0 aliphatic heterocycles. The Morgan fingerprint density at radius 3 is 2.78 bits per heavy atom. The van der Waals surface area contributed by atoms with Crippen LogP contribution in [0.25, 0.3) is 0 Å². The number of nitrogens with one attached hydrogen (secondary N) is 1. The van der Waals surface area contributed by atoms with Crippen LogP contribution in [0.3, 0.4) is 0 Å². The van der Waals surface area contributed by atoms with E-state index in [9.17, 15) is 19.2 Å². The molecule has 0 aromatic carbocycles. The third-order valence-corrected chi connectivity index (χ3v) is 4.57. The van der Waals surface area contributed by atoms with Gasteiger partial charge in [0.15, 0.2) is 6.23 Å². The molecular weight excluding hydrogens is 322 g/mol. The third-order valence-electron chi connectivity index (χ3n) is 3.48. The lowest BCUT2D eigenvalue weighted by molar-refractivity contribution is -0.148. The maximum atomic E-state index is 11.7. The van der Waals surface area contributed by atoms with Crippen molar-refractivity contribution in [3.05, 3.63) is 12.7 Å². The quantitative estimate of drug-likeness (QED) is 0.278. The Morgan fingerprint density at radius 1 is 1.52 bits per heavy atom. The average molecular weight is 343 g/mol. The van der Waals surface area contributed by atoms with Gasteiger partial charge in [-0.3, -0.25) is 19.2 Å². The van der Waals surface area contributed by atoms with Crippen molar-refractivity contribution < 1.29 is 29.0 Å². The number of esters is 1. The van der Waals surface area contributed by atoms with Gasteiger partial charge in [0.25, 0.3) is 0 Å². The maximum Gasteiger partial charge on any atom is 0.308 e. The molecule has 0 bridgehead atoms. The molecule has 128 valence electrons. The zero-order chi connectivity index (χ0) is 17.4. The first kappa shape index (κ1) is 19.2. The Kier molecular flexibility index (Phi) is 7.80. The second kappa shape index (κ2) is 9.34. The van der Waals surface area contributed by atoms with Crippen LogP contribution in [0.1, 0.15) is 26.2 Å². The molecular formula is C15H21NO6S. The Bertz CT molecular complexity index is 492. The van der Waals surface area contributed by atoms with Crippen LogP contribution < -0.4 is 5.32 Å². The molecule has 1 saturated carbocycles. The van der Waals surface area contributed by atoms with Crippen molar-refractivity contribution in [3.63, 3.8) is 0 Å². The van der Waals surface area contributed by atoms with Gasteiger partial charge in [-0.05, 0) is 12.5 Å². The summed E-state index contributed by atoms with van der Waals surface area (Å²) in [5.41, 5.74) is 0. The van der Waals surface area contributed by atoms with Crippen molar-refractivity contribution in [1.82, 2.24) is 5.32 Å². The van der Waals surface area contributed by atoms with Gasteiger partial charge in [-0.15, -0.1) is 0 Å². The zero-order valence-electron chi connectivity index (χ0n) is 12.9. The lowest BCUT2D eigenvalue weighted by Crippen LogP contribution is -2.35. The molecule has 2 unspecified atom stereocenters. The van der Waals surface area contributed by atoms with Crippen molar-refractivity contribution in [1.29, 1.82) is 0 Å². The largest absolute Gasteiger partial charge is 0.481 e. The minimum Gasteiger partial charge on any atom is -0.481 e. The summed E-state index contributed by atoms with van der Waals surface area (Å²) >= 11 is 1.35.